The van der Waals surface area contributed by atoms with Crippen LogP contribution in [0.25, 0.3) is 0 Å². The van der Waals surface area contributed by atoms with E-state index >= 15 is 0 Å². The largest absolute Gasteiger partial charge is 0.489 e. The van der Waals surface area contributed by atoms with Crippen molar-refractivity contribution in [3.63, 3.8) is 0 Å². The van der Waals surface area contributed by atoms with Crippen molar-refractivity contribution in [3.05, 3.63) is 64.7 Å². The van der Waals surface area contributed by atoms with Gasteiger partial charge in [0.25, 0.3) is 0 Å². The molecule has 1 N–H and O–H groups in total. The summed E-state index contributed by atoms with van der Waals surface area (Å²) < 4.78 is 6.02. The van der Waals surface area contributed by atoms with Gasteiger partial charge < -0.3 is 10.1 Å². The van der Waals surface area contributed by atoms with Gasteiger partial charge in [0.1, 0.15) is 12.4 Å². The molecule has 2 nitrogen and oxygen atoms in total. The van der Waals surface area contributed by atoms with Crippen LogP contribution in [0.2, 0.25) is 5.02 Å². The van der Waals surface area contributed by atoms with Crippen molar-refractivity contribution in [2.45, 2.75) is 51.3 Å². The highest BCUT2D eigenvalue weighted by atomic mass is 35.5. The number of hydrogen-bond acceptors (Lipinski definition) is 2. The van der Waals surface area contributed by atoms with Crippen LogP contribution in [0.15, 0.2) is 48.5 Å². The van der Waals surface area contributed by atoms with Crippen molar-refractivity contribution in [1.82, 2.24) is 5.32 Å². The van der Waals surface area contributed by atoms with E-state index in [0.29, 0.717) is 12.6 Å². The first kappa shape index (κ1) is 19.1. The Kier molecular flexibility index (Phi) is 7.90. The van der Waals surface area contributed by atoms with Crippen LogP contribution in [0.1, 0.15) is 43.2 Å². The fourth-order valence-corrected chi connectivity index (χ4v) is 3.32. The van der Waals surface area contributed by atoms with Gasteiger partial charge in [-0.1, -0.05) is 61.2 Å². The molecule has 2 aromatic carbocycles. The predicted octanol–water partition coefficient (Wildman–Crippen LogP) is 5.76. The monoisotopic (exact) mass is 365 g/mol. The topological polar surface area (TPSA) is 21.3 Å². The van der Waals surface area contributed by atoms with E-state index in [-0.39, 0.29) is 12.4 Å². The normalized spacial score (nSPS) is 14.9. The molecule has 0 unspecified atom stereocenters. The molecule has 1 saturated carbocycles. The first-order valence-corrected chi connectivity index (χ1v) is 8.87. The van der Waals surface area contributed by atoms with Crippen LogP contribution in [-0.2, 0) is 13.2 Å². The molecule has 1 aliphatic carbocycles. The van der Waals surface area contributed by atoms with Gasteiger partial charge in [-0.05, 0) is 36.6 Å². The van der Waals surface area contributed by atoms with Crippen molar-refractivity contribution < 1.29 is 4.74 Å². The third-order valence-electron chi connectivity index (χ3n) is 4.45. The number of rotatable bonds is 6. The first-order chi connectivity index (χ1) is 11.3. The molecule has 0 spiro atoms. The fraction of sp³-hybridized carbons (Fsp3) is 0.400. The standard InChI is InChI=1S/C20H24ClNO.ClH/c21-18-11-12-20(23-15-16-7-3-1-4-8-16)17(13-18)14-22-19-9-5-2-6-10-19;/h1,3-4,7-8,11-13,19,22H,2,5-6,9-10,14-15H2;1H. The number of ether oxygens (including phenoxy) is 1. The Morgan fingerprint density at radius 3 is 2.50 bits per heavy atom. The second kappa shape index (κ2) is 9.93. The summed E-state index contributed by atoms with van der Waals surface area (Å²) in [5.74, 6) is 0.918. The molecule has 0 atom stereocenters. The van der Waals surface area contributed by atoms with E-state index in [1.807, 2.05) is 36.4 Å². The summed E-state index contributed by atoms with van der Waals surface area (Å²) in [6, 6.07) is 16.8. The second-order valence-electron chi connectivity index (χ2n) is 6.24. The van der Waals surface area contributed by atoms with Crippen LogP contribution >= 0.6 is 24.0 Å². The third-order valence-corrected chi connectivity index (χ3v) is 4.68. The molecular formula is C20H25Cl2NO. The van der Waals surface area contributed by atoms with Crippen molar-refractivity contribution in [1.29, 1.82) is 0 Å². The van der Waals surface area contributed by atoms with E-state index in [1.54, 1.807) is 0 Å². The van der Waals surface area contributed by atoms with E-state index in [0.717, 1.165) is 22.9 Å². The predicted molar refractivity (Wildman–Crippen MR) is 103 cm³/mol. The van der Waals surface area contributed by atoms with E-state index in [9.17, 15) is 0 Å². The minimum absolute atomic E-state index is 0. The quantitative estimate of drug-likeness (QED) is 0.701. The zero-order chi connectivity index (χ0) is 15.9. The van der Waals surface area contributed by atoms with Crippen LogP contribution in [0.4, 0.5) is 0 Å². The molecule has 0 radical (unpaired) electrons. The summed E-state index contributed by atoms with van der Waals surface area (Å²) >= 11 is 6.17. The molecule has 4 heteroatoms. The van der Waals surface area contributed by atoms with Gasteiger partial charge in [-0.2, -0.15) is 0 Å². The maximum absolute atomic E-state index is 6.17. The molecule has 0 aromatic heterocycles. The Morgan fingerprint density at radius 2 is 1.75 bits per heavy atom. The van der Waals surface area contributed by atoms with E-state index in [4.69, 9.17) is 16.3 Å². The summed E-state index contributed by atoms with van der Waals surface area (Å²) in [4.78, 5) is 0. The van der Waals surface area contributed by atoms with Gasteiger partial charge in [0.15, 0.2) is 0 Å². The molecule has 3 rings (SSSR count). The molecule has 0 aliphatic heterocycles. The minimum atomic E-state index is 0. The molecule has 0 bridgehead atoms. The average molecular weight is 366 g/mol. The lowest BCUT2D eigenvalue weighted by Crippen LogP contribution is -2.30. The van der Waals surface area contributed by atoms with E-state index in [2.05, 4.69) is 17.4 Å². The Labute approximate surface area is 156 Å². The van der Waals surface area contributed by atoms with Crippen LogP contribution in [0.3, 0.4) is 0 Å². The van der Waals surface area contributed by atoms with Gasteiger partial charge in [-0.3, -0.25) is 0 Å². The van der Waals surface area contributed by atoms with Gasteiger partial charge in [0.2, 0.25) is 0 Å². The zero-order valence-corrected chi connectivity index (χ0v) is 15.4. The third kappa shape index (κ3) is 5.70. The number of halogens is 2. The van der Waals surface area contributed by atoms with Crippen LogP contribution in [-0.4, -0.2) is 6.04 Å². The molecule has 1 fully saturated rings. The molecule has 0 amide bonds. The Morgan fingerprint density at radius 1 is 1.00 bits per heavy atom. The Hall–Kier alpha value is -1.22. The summed E-state index contributed by atoms with van der Waals surface area (Å²) in [6.07, 6.45) is 6.61. The molecule has 0 heterocycles. The summed E-state index contributed by atoms with van der Waals surface area (Å²) in [7, 11) is 0. The number of hydrogen-bond donors (Lipinski definition) is 1. The lowest BCUT2D eigenvalue weighted by molar-refractivity contribution is 0.300. The van der Waals surface area contributed by atoms with Gasteiger partial charge in [0, 0.05) is 23.2 Å². The van der Waals surface area contributed by atoms with Crippen LogP contribution < -0.4 is 10.1 Å². The highest BCUT2D eigenvalue weighted by molar-refractivity contribution is 6.30. The smallest absolute Gasteiger partial charge is 0.124 e. The maximum Gasteiger partial charge on any atom is 0.124 e. The van der Waals surface area contributed by atoms with Gasteiger partial charge >= 0.3 is 0 Å². The van der Waals surface area contributed by atoms with Gasteiger partial charge in [0.05, 0.1) is 0 Å². The lowest BCUT2D eigenvalue weighted by atomic mass is 9.95. The Bertz CT molecular complexity index is 612. The van der Waals surface area contributed by atoms with Crippen molar-refractivity contribution in [2.75, 3.05) is 0 Å². The second-order valence-corrected chi connectivity index (χ2v) is 6.68. The fourth-order valence-electron chi connectivity index (χ4n) is 3.12. The van der Waals surface area contributed by atoms with Crippen LogP contribution in [0.5, 0.6) is 5.75 Å². The molecule has 0 saturated heterocycles. The zero-order valence-electron chi connectivity index (χ0n) is 13.8. The van der Waals surface area contributed by atoms with E-state index < -0.39 is 0 Å². The van der Waals surface area contributed by atoms with Crippen molar-refractivity contribution in [2.24, 2.45) is 0 Å². The van der Waals surface area contributed by atoms with Crippen molar-refractivity contribution >= 4 is 24.0 Å². The van der Waals surface area contributed by atoms with Crippen molar-refractivity contribution in [3.8, 4) is 5.75 Å². The van der Waals surface area contributed by atoms with E-state index in [1.165, 1.54) is 37.7 Å². The molecule has 24 heavy (non-hydrogen) atoms. The molecule has 2 aromatic rings. The molecule has 1 aliphatic rings. The Balaban J connectivity index is 0.00000208. The lowest BCUT2D eigenvalue weighted by Gasteiger charge is -2.23. The summed E-state index contributed by atoms with van der Waals surface area (Å²) in [6.45, 7) is 1.40. The van der Waals surface area contributed by atoms with Gasteiger partial charge in [-0.15, -0.1) is 12.4 Å². The number of nitrogens with one attached hydrogen (secondary N) is 1. The first-order valence-electron chi connectivity index (χ1n) is 8.50. The highest BCUT2D eigenvalue weighted by Gasteiger charge is 2.14. The summed E-state index contributed by atoms with van der Waals surface area (Å²) in [5.41, 5.74) is 2.31. The SMILES string of the molecule is Cl.Clc1ccc(OCc2ccccc2)c(CNC2CCCCC2)c1. The molecular weight excluding hydrogens is 341 g/mol. The molecule has 130 valence electrons. The number of benzene rings is 2. The summed E-state index contributed by atoms with van der Waals surface area (Å²) in [5, 5.41) is 4.43. The average Bonchev–Trinajstić information content (AvgIpc) is 2.61. The minimum Gasteiger partial charge on any atom is -0.489 e. The highest BCUT2D eigenvalue weighted by Crippen LogP contribution is 2.25. The van der Waals surface area contributed by atoms with Gasteiger partial charge in [-0.25, -0.2) is 0 Å². The van der Waals surface area contributed by atoms with Crippen LogP contribution in [0, 0.1) is 0 Å². The maximum atomic E-state index is 6.17.